The summed E-state index contributed by atoms with van der Waals surface area (Å²) < 4.78 is 5.46. The van der Waals surface area contributed by atoms with Gasteiger partial charge in [0.1, 0.15) is 0 Å². The lowest BCUT2D eigenvalue weighted by atomic mass is 10.0. The number of carbonyl (C=O) groups is 2. The quantitative estimate of drug-likeness (QED) is 0.0324. The summed E-state index contributed by atoms with van der Waals surface area (Å²) in [6.45, 7) is 4.88. The second-order valence-electron chi connectivity index (χ2n) is 17.1. The standard InChI is InChI=1S/C50H97NO5/c1-3-5-7-9-11-13-15-16-17-18-19-20-21-22-24-28-32-36-40-44-50(55)56-45-41-37-33-29-25-27-31-35-39-43-49(54)51-47(46-52)48(53)42-38-34-30-26-23-14-12-10-8-6-4-2/h16-17,47-48,52-53H,3-15,18-46H2,1-2H3,(H,51,54)/b17-16-. The SMILES string of the molecule is CCCCCCCC/C=C\CCCCCCCCCCCC(=O)OCCCCCCCCCCCC(=O)NC(CO)C(O)CCCCCCCCCCCCC. The molecule has 1 amide bonds. The van der Waals surface area contributed by atoms with Crippen LogP contribution in [-0.2, 0) is 14.3 Å². The van der Waals surface area contributed by atoms with E-state index < -0.39 is 12.1 Å². The largest absolute Gasteiger partial charge is 0.466 e. The first-order chi connectivity index (χ1) is 27.5. The Kier molecular flexibility index (Phi) is 45.1. The minimum absolute atomic E-state index is 0.0256. The van der Waals surface area contributed by atoms with Gasteiger partial charge in [0.05, 0.1) is 25.4 Å². The summed E-state index contributed by atoms with van der Waals surface area (Å²) >= 11 is 0. The number of aliphatic hydroxyl groups is 2. The van der Waals surface area contributed by atoms with E-state index in [9.17, 15) is 19.8 Å². The van der Waals surface area contributed by atoms with Crippen molar-refractivity contribution in [3.05, 3.63) is 12.2 Å². The predicted octanol–water partition coefficient (Wildman–Crippen LogP) is 14.6. The molecule has 2 atom stereocenters. The molecule has 0 aliphatic heterocycles. The Bertz CT molecular complexity index is 832. The lowest BCUT2D eigenvalue weighted by molar-refractivity contribution is -0.143. The molecule has 0 saturated heterocycles. The van der Waals surface area contributed by atoms with Gasteiger partial charge < -0.3 is 20.3 Å². The van der Waals surface area contributed by atoms with Crippen LogP contribution >= 0.6 is 0 Å². The number of ether oxygens (including phenoxy) is 1. The highest BCUT2D eigenvalue weighted by atomic mass is 16.5. The molecule has 6 heteroatoms. The zero-order valence-corrected chi connectivity index (χ0v) is 37.6. The number of allylic oxidation sites excluding steroid dienone is 2. The molecule has 3 N–H and O–H groups in total. The van der Waals surface area contributed by atoms with Crippen molar-refractivity contribution in [2.45, 2.75) is 283 Å². The third-order valence-electron chi connectivity index (χ3n) is 11.6. The maximum absolute atomic E-state index is 12.4. The molecule has 6 nitrogen and oxygen atoms in total. The van der Waals surface area contributed by atoms with Crippen LogP contribution in [0.25, 0.3) is 0 Å². The van der Waals surface area contributed by atoms with Crippen LogP contribution in [0.1, 0.15) is 271 Å². The Balaban J connectivity index is 3.45. The zero-order chi connectivity index (χ0) is 40.8. The number of rotatable bonds is 46. The first kappa shape index (κ1) is 54.6. The van der Waals surface area contributed by atoms with Gasteiger partial charge in [-0.25, -0.2) is 0 Å². The van der Waals surface area contributed by atoms with Gasteiger partial charge in [0.25, 0.3) is 0 Å². The summed E-state index contributed by atoms with van der Waals surface area (Å²) in [7, 11) is 0. The van der Waals surface area contributed by atoms with Crippen molar-refractivity contribution >= 4 is 11.9 Å². The molecule has 0 radical (unpaired) electrons. The lowest BCUT2D eigenvalue weighted by Crippen LogP contribution is -2.45. The smallest absolute Gasteiger partial charge is 0.305 e. The summed E-state index contributed by atoms with van der Waals surface area (Å²) in [5, 5.41) is 23.1. The summed E-state index contributed by atoms with van der Waals surface area (Å²) in [5.41, 5.74) is 0. The highest BCUT2D eigenvalue weighted by Crippen LogP contribution is 2.16. The summed E-state index contributed by atoms with van der Waals surface area (Å²) in [5.74, 6) is -0.0888. The van der Waals surface area contributed by atoms with Crippen molar-refractivity contribution in [2.75, 3.05) is 13.2 Å². The first-order valence-electron chi connectivity index (χ1n) is 24.9. The molecule has 0 rings (SSSR count). The highest BCUT2D eigenvalue weighted by molar-refractivity contribution is 5.76. The second kappa shape index (κ2) is 46.3. The molecule has 0 aromatic heterocycles. The van der Waals surface area contributed by atoms with Gasteiger partial charge in [0.15, 0.2) is 0 Å². The average Bonchev–Trinajstić information content (AvgIpc) is 3.20. The Morgan fingerprint density at radius 3 is 1.27 bits per heavy atom. The van der Waals surface area contributed by atoms with Gasteiger partial charge in [-0.2, -0.15) is 0 Å². The molecule has 332 valence electrons. The fourth-order valence-corrected chi connectivity index (χ4v) is 7.69. The van der Waals surface area contributed by atoms with Crippen molar-refractivity contribution < 1.29 is 24.5 Å². The predicted molar refractivity (Wildman–Crippen MR) is 241 cm³/mol. The molecule has 0 aliphatic rings. The van der Waals surface area contributed by atoms with E-state index >= 15 is 0 Å². The van der Waals surface area contributed by atoms with E-state index in [-0.39, 0.29) is 18.5 Å². The molecule has 0 spiro atoms. The van der Waals surface area contributed by atoms with E-state index in [1.807, 2.05) is 0 Å². The Labute approximate surface area is 349 Å². The molecule has 0 aromatic rings. The minimum atomic E-state index is -0.679. The van der Waals surface area contributed by atoms with E-state index in [0.29, 0.717) is 25.9 Å². The molecule has 0 bridgehead atoms. The number of esters is 1. The molecule has 2 unspecified atom stereocenters. The second-order valence-corrected chi connectivity index (χ2v) is 17.1. The summed E-state index contributed by atoms with van der Waals surface area (Å²) in [4.78, 5) is 24.5. The number of unbranched alkanes of at least 4 members (excludes halogenated alkanes) is 33. The molecule has 0 heterocycles. The number of hydrogen-bond donors (Lipinski definition) is 3. The zero-order valence-electron chi connectivity index (χ0n) is 37.6. The van der Waals surface area contributed by atoms with Gasteiger partial charge in [-0.15, -0.1) is 0 Å². The molecule has 56 heavy (non-hydrogen) atoms. The van der Waals surface area contributed by atoms with Crippen LogP contribution in [0.15, 0.2) is 12.2 Å². The van der Waals surface area contributed by atoms with Gasteiger partial charge in [-0.1, -0.05) is 219 Å². The fourth-order valence-electron chi connectivity index (χ4n) is 7.69. The molecule has 0 fully saturated rings. The van der Waals surface area contributed by atoms with E-state index in [2.05, 4.69) is 31.3 Å². The van der Waals surface area contributed by atoms with Gasteiger partial charge >= 0.3 is 5.97 Å². The molecule has 0 aromatic carbocycles. The van der Waals surface area contributed by atoms with E-state index in [0.717, 1.165) is 57.8 Å². The molecular weight excluding hydrogens is 695 g/mol. The van der Waals surface area contributed by atoms with Crippen LogP contribution in [0.4, 0.5) is 0 Å². The Morgan fingerprint density at radius 1 is 0.482 bits per heavy atom. The van der Waals surface area contributed by atoms with Crippen LogP contribution in [0.3, 0.4) is 0 Å². The van der Waals surface area contributed by atoms with Crippen LogP contribution in [0.5, 0.6) is 0 Å². The molecular formula is C50H97NO5. The highest BCUT2D eigenvalue weighted by Gasteiger charge is 2.20. The van der Waals surface area contributed by atoms with Crippen LogP contribution in [0, 0.1) is 0 Å². The maximum atomic E-state index is 12.4. The fraction of sp³-hybridized carbons (Fsp3) is 0.920. The Hall–Kier alpha value is -1.40. The topological polar surface area (TPSA) is 95.9 Å². The van der Waals surface area contributed by atoms with E-state index in [1.54, 1.807) is 0 Å². The third kappa shape index (κ3) is 42.2. The van der Waals surface area contributed by atoms with Crippen molar-refractivity contribution in [2.24, 2.45) is 0 Å². The number of amides is 1. The molecule has 0 aliphatic carbocycles. The summed E-state index contributed by atoms with van der Waals surface area (Å²) in [6, 6.07) is -0.559. The number of nitrogens with one attached hydrogen (secondary N) is 1. The van der Waals surface area contributed by atoms with Crippen molar-refractivity contribution in [3.63, 3.8) is 0 Å². The number of carbonyl (C=O) groups excluding carboxylic acids is 2. The minimum Gasteiger partial charge on any atom is -0.466 e. The number of aliphatic hydroxyl groups excluding tert-OH is 2. The summed E-state index contributed by atoms with van der Waals surface area (Å²) in [6.07, 6.45) is 51.8. The van der Waals surface area contributed by atoms with Gasteiger partial charge in [-0.05, 0) is 51.4 Å². The van der Waals surface area contributed by atoms with Crippen molar-refractivity contribution in [1.29, 1.82) is 0 Å². The molecule has 0 saturated carbocycles. The van der Waals surface area contributed by atoms with E-state index in [1.165, 1.54) is 180 Å². The monoisotopic (exact) mass is 792 g/mol. The van der Waals surface area contributed by atoms with Gasteiger partial charge in [0, 0.05) is 12.8 Å². The van der Waals surface area contributed by atoms with E-state index in [4.69, 9.17) is 4.74 Å². The van der Waals surface area contributed by atoms with Crippen molar-refractivity contribution in [1.82, 2.24) is 5.32 Å². The van der Waals surface area contributed by atoms with Crippen molar-refractivity contribution in [3.8, 4) is 0 Å². The van der Waals surface area contributed by atoms with Crippen LogP contribution in [-0.4, -0.2) is 47.4 Å². The van der Waals surface area contributed by atoms with Crippen LogP contribution in [0.2, 0.25) is 0 Å². The van der Waals surface area contributed by atoms with Gasteiger partial charge in [0.2, 0.25) is 5.91 Å². The lowest BCUT2D eigenvalue weighted by Gasteiger charge is -2.22. The first-order valence-corrected chi connectivity index (χ1v) is 24.9. The van der Waals surface area contributed by atoms with Gasteiger partial charge in [-0.3, -0.25) is 9.59 Å². The third-order valence-corrected chi connectivity index (χ3v) is 11.6. The maximum Gasteiger partial charge on any atom is 0.305 e. The normalized spacial score (nSPS) is 12.7. The number of hydrogen-bond acceptors (Lipinski definition) is 5. The van der Waals surface area contributed by atoms with Crippen LogP contribution < -0.4 is 5.32 Å². The Morgan fingerprint density at radius 2 is 0.839 bits per heavy atom. The average molecular weight is 792 g/mol.